The minimum atomic E-state index is -0.495. The Bertz CT molecular complexity index is 1270. The van der Waals surface area contributed by atoms with Crippen molar-refractivity contribution in [3.05, 3.63) is 64.4 Å². The average Bonchev–Trinajstić information content (AvgIpc) is 3.74. The number of benzene rings is 2. The topological polar surface area (TPSA) is 68.6 Å². The lowest BCUT2D eigenvalue weighted by molar-refractivity contribution is 0.0179. The molecule has 0 radical (unpaired) electrons. The molecule has 2 aliphatic carbocycles. The van der Waals surface area contributed by atoms with Gasteiger partial charge in [-0.05, 0) is 118 Å². The van der Waals surface area contributed by atoms with Crippen LogP contribution in [0.3, 0.4) is 0 Å². The lowest BCUT2D eigenvalue weighted by atomic mass is 9.79. The molecular weight excluding hydrogens is 527 g/mol. The molecule has 2 saturated heterocycles. The van der Waals surface area contributed by atoms with Gasteiger partial charge >= 0.3 is 6.03 Å². The molecule has 3 atom stereocenters. The molecule has 1 N–H and O–H groups in total. The van der Waals surface area contributed by atoms with Crippen LogP contribution in [0.15, 0.2) is 42.5 Å². The molecule has 4 fully saturated rings. The summed E-state index contributed by atoms with van der Waals surface area (Å²) >= 11 is 6.01. The van der Waals surface area contributed by atoms with Crippen LogP contribution in [0.2, 0.25) is 5.02 Å². The Hall–Kier alpha value is -2.66. The summed E-state index contributed by atoms with van der Waals surface area (Å²) in [5.74, 6) is 0.480. The maximum Gasteiger partial charge on any atom is 0.322 e. The van der Waals surface area contributed by atoms with Crippen molar-refractivity contribution in [2.45, 2.75) is 68.9 Å². The van der Waals surface area contributed by atoms with E-state index < -0.39 is 5.82 Å². The number of hydrogen-bond acceptors (Lipinski definition) is 4. The normalized spacial score (nSPS) is 27.4. The molecule has 2 aromatic rings. The number of amides is 2. The SMILES string of the molecule is N#Cc1cccc([C@]23CCC(N(CC4CCN(C5CCOCC5)CC4)C(=O)Nc4ccc(F)c(Cl)c4)CC2C3)c1. The van der Waals surface area contributed by atoms with Gasteiger partial charge in [0.25, 0.3) is 0 Å². The van der Waals surface area contributed by atoms with Crippen molar-refractivity contribution in [3.8, 4) is 6.07 Å². The first kappa shape index (κ1) is 27.5. The second-order valence-electron chi connectivity index (χ2n) is 12.2. The highest BCUT2D eigenvalue weighted by Crippen LogP contribution is 2.63. The van der Waals surface area contributed by atoms with Crippen molar-refractivity contribution >= 4 is 23.3 Å². The lowest BCUT2D eigenvalue weighted by Gasteiger charge is -2.42. The zero-order valence-corrected chi connectivity index (χ0v) is 23.7. The molecule has 2 aliphatic heterocycles. The number of piperidine rings is 1. The van der Waals surface area contributed by atoms with E-state index in [1.807, 2.05) is 12.1 Å². The Morgan fingerprint density at radius 3 is 2.67 bits per heavy atom. The van der Waals surface area contributed by atoms with Gasteiger partial charge in [0.2, 0.25) is 0 Å². The van der Waals surface area contributed by atoms with Gasteiger partial charge in [-0.25, -0.2) is 9.18 Å². The summed E-state index contributed by atoms with van der Waals surface area (Å²) in [6.07, 6.45) is 8.44. The fourth-order valence-electron chi connectivity index (χ4n) is 7.54. The van der Waals surface area contributed by atoms with E-state index in [0.717, 1.165) is 84.2 Å². The number of fused-ring (bicyclic) bond motifs is 1. The van der Waals surface area contributed by atoms with E-state index in [4.69, 9.17) is 16.3 Å². The maximum absolute atomic E-state index is 13.8. The zero-order chi connectivity index (χ0) is 27.7. The third-order valence-electron chi connectivity index (χ3n) is 9.96. The molecule has 2 unspecified atom stereocenters. The largest absolute Gasteiger partial charge is 0.381 e. The van der Waals surface area contributed by atoms with Crippen LogP contribution in [0.4, 0.5) is 14.9 Å². The standard InChI is InChI=1S/C32H38ClFN4O2/c33-29-18-26(4-5-30(29)34)36-31(39)38(21-22-7-12-37(13-8-22)27-9-14-40-15-10-27)28-6-11-32(19-25(32)17-28)24-3-1-2-23(16-24)20-35/h1-5,16,18,22,25,27-28H,6-15,17,19,21H2,(H,36,39)/t25?,28?,32-/m1/s1. The number of halogens is 2. The van der Waals surface area contributed by atoms with Crippen molar-refractivity contribution in [1.82, 2.24) is 9.80 Å². The van der Waals surface area contributed by atoms with E-state index >= 15 is 0 Å². The number of likely N-dealkylation sites (tertiary alicyclic amines) is 1. The van der Waals surface area contributed by atoms with Crippen molar-refractivity contribution in [1.29, 1.82) is 5.26 Å². The highest BCUT2D eigenvalue weighted by atomic mass is 35.5. The predicted molar refractivity (Wildman–Crippen MR) is 154 cm³/mol. The molecule has 4 aliphatic rings. The quantitative estimate of drug-likeness (QED) is 0.430. The Balaban J connectivity index is 1.14. The number of nitrogens with zero attached hydrogens (tertiary/aromatic N) is 3. The van der Waals surface area contributed by atoms with E-state index in [0.29, 0.717) is 29.1 Å². The van der Waals surface area contributed by atoms with E-state index in [-0.39, 0.29) is 22.5 Å². The highest BCUT2D eigenvalue weighted by molar-refractivity contribution is 6.31. The van der Waals surface area contributed by atoms with Crippen molar-refractivity contribution in [3.63, 3.8) is 0 Å². The molecule has 212 valence electrons. The molecule has 2 heterocycles. The number of nitrogens with one attached hydrogen (secondary N) is 1. The number of hydrogen-bond donors (Lipinski definition) is 1. The van der Waals surface area contributed by atoms with Crippen LogP contribution in [0.5, 0.6) is 0 Å². The zero-order valence-electron chi connectivity index (χ0n) is 23.0. The molecule has 0 aromatic heterocycles. The van der Waals surface area contributed by atoms with Gasteiger partial charge in [-0.1, -0.05) is 23.7 Å². The fraction of sp³-hybridized carbons (Fsp3) is 0.562. The summed E-state index contributed by atoms with van der Waals surface area (Å²) < 4.78 is 19.3. The summed E-state index contributed by atoms with van der Waals surface area (Å²) in [5, 5.41) is 12.4. The number of rotatable bonds is 6. The van der Waals surface area contributed by atoms with Gasteiger partial charge in [0.1, 0.15) is 5.82 Å². The van der Waals surface area contributed by atoms with E-state index in [1.54, 1.807) is 6.07 Å². The van der Waals surface area contributed by atoms with Crippen LogP contribution in [0.1, 0.15) is 62.5 Å². The molecule has 6 rings (SSSR count). The van der Waals surface area contributed by atoms with Gasteiger partial charge in [-0.2, -0.15) is 5.26 Å². The monoisotopic (exact) mass is 564 g/mol. The molecule has 0 bridgehead atoms. The first-order chi connectivity index (χ1) is 19.4. The van der Waals surface area contributed by atoms with Gasteiger partial charge in [-0.15, -0.1) is 0 Å². The van der Waals surface area contributed by atoms with E-state index in [2.05, 4.69) is 33.3 Å². The maximum atomic E-state index is 13.8. The van der Waals surface area contributed by atoms with E-state index in [9.17, 15) is 14.4 Å². The molecule has 8 heteroatoms. The molecule has 2 saturated carbocycles. The van der Waals surface area contributed by atoms with Crippen molar-refractivity contribution in [2.75, 3.05) is 38.2 Å². The van der Waals surface area contributed by atoms with Crippen LogP contribution in [-0.2, 0) is 10.2 Å². The van der Waals surface area contributed by atoms with Crippen LogP contribution in [0, 0.1) is 29.0 Å². The third kappa shape index (κ3) is 5.72. The second-order valence-corrected chi connectivity index (χ2v) is 12.6. The number of anilines is 1. The van der Waals surface area contributed by atoms with Crippen LogP contribution >= 0.6 is 11.6 Å². The van der Waals surface area contributed by atoms with Gasteiger partial charge < -0.3 is 19.9 Å². The summed E-state index contributed by atoms with van der Waals surface area (Å²) in [5.41, 5.74) is 2.64. The van der Waals surface area contributed by atoms with Crippen molar-refractivity contribution < 1.29 is 13.9 Å². The summed E-state index contributed by atoms with van der Waals surface area (Å²) in [7, 11) is 0. The van der Waals surface area contributed by atoms with Gasteiger partial charge in [0.15, 0.2) is 0 Å². The van der Waals surface area contributed by atoms with Crippen LogP contribution < -0.4 is 5.32 Å². The van der Waals surface area contributed by atoms with Crippen LogP contribution in [-0.4, -0.2) is 60.8 Å². The molecule has 2 amide bonds. The first-order valence-corrected chi connectivity index (χ1v) is 15.2. The predicted octanol–water partition coefficient (Wildman–Crippen LogP) is 6.59. The Morgan fingerprint density at radius 1 is 1.15 bits per heavy atom. The molecule has 2 aromatic carbocycles. The summed E-state index contributed by atoms with van der Waals surface area (Å²) in [6.45, 7) is 4.60. The average molecular weight is 565 g/mol. The minimum absolute atomic E-state index is 0.00450. The minimum Gasteiger partial charge on any atom is -0.381 e. The lowest BCUT2D eigenvalue weighted by Crippen LogP contribution is -2.50. The van der Waals surface area contributed by atoms with E-state index in [1.165, 1.54) is 17.7 Å². The van der Waals surface area contributed by atoms with Crippen LogP contribution in [0.25, 0.3) is 0 Å². The second kappa shape index (κ2) is 11.7. The smallest absolute Gasteiger partial charge is 0.322 e. The Labute approximate surface area is 241 Å². The first-order valence-electron chi connectivity index (χ1n) is 14.8. The number of carbonyl (C=O) groups is 1. The molecular formula is C32H38ClFN4O2. The van der Waals surface area contributed by atoms with Gasteiger partial charge in [-0.3, -0.25) is 0 Å². The fourth-order valence-corrected chi connectivity index (χ4v) is 7.72. The molecule has 40 heavy (non-hydrogen) atoms. The van der Waals surface area contributed by atoms with Gasteiger partial charge in [0.05, 0.1) is 16.7 Å². The number of urea groups is 1. The molecule has 6 nitrogen and oxygen atoms in total. The third-order valence-corrected chi connectivity index (χ3v) is 10.3. The summed E-state index contributed by atoms with van der Waals surface area (Å²) in [4.78, 5) is 18.5. The number of ether oxygens (including phenoxy) is 1. The summed E-state index contributed by atoms with van der Waals surface area (Å²) in [6, 6.07) is 15.3. The Morgan fingerprint density at radius 2 is 1.95 bits per heavy atom. The number of nitriles is 1. The van der Waals surface area contributed by atoms with Crippen molar-refractivity contribution in [2.24, 2.45) is 11.8 Å². The number of carbonyl (C=O) groups excluding carboxylic acids is 1. The Kier molecular flexibility index (Phi) is 8.03. The molecule has 0 spiro atoms. The highest BCUT2D eigenvalue weighted by Gasteiger charge is 2.58. The van der Waals surface area contributed by atoms with Gasteiger partial charge in [0, 0.05) is 37.5 Å².